The summed E-state index contributed by atoms with van der Waals surface area (Å²) in [5, 5.41) is 7.31. The van der Waals surface area contributed by atoms with Crippen LogP contribution in [-0.2, 0) is 10.0 Å². The highest BCUT2D eigenvalue weighted by Crippen LogP contribution is 2.19. The molecule has 21 heavy (non-hydrogen) atoms. The molecule has 0 spiro atoms. The summed E-state index contributed by atoms with van der Waals surface area (Å²) in [6.07, 6.45) is 6.70. The summed E-state index contributed by atoms with van der Waals surface area (Å²) in [6, 6.07) is 4.81. The third-order valence-electron chi connectivity index (χ3n) is 3.36. The van der Waals surface area contributed by atoms with Gasteiger partial charge < -0.3 is 0 Å². The molecule has 0 aliphatic carbocycles. The van der Waals surface area contributed by atoms with Crippen molar-refractivity contribution in [1.29, 1.82) is 0 Å². The van der Waals surface area contributed by atoms with Gasteiger partial charge in [0.05, 0.1) is 0 Å². The summed E-state index contributed by atoms with van der Waals surface area (Å²) in [7, 11) is -3.57. The van der Waals surface area contributed by atoms with Crippen LogP contribution >= 0.6 is 0 Å². The number of benzene rings is 1. The predicted octanol–water partition coefficient (Wildman–Crippen LogP) is 2.86. The molecule has 2 rings (SSSR count). The molecule has 6 nitrogen and oxygen atoms in total. The van der Waals surface area contributed by atoms with Gasteiger partial charge in [-0.25, -0.2) is 17.8 Å². The average molecular weight is 311 g/mol. The number of sulfonamides is 1. The van der Waals surface area contributed by atoms with Gasteiger partial charge in [0.2, 0.25) is 10.0 Å². The standard InChI is InChI=1S/C14H21N3O3S/c1-2-3-4-5-6-7-11-15-21(18,19)13-10-8-9-12-14(13)17-20-16-12/h8-10,15H,2-7,11H2,1H3. The van der Waals surface area contributed by atoms with E-state index in [1.807, 2.05) is 0 Å². The van der Waals surface area contributed by atoms with Crippen molar-refractivity contribution in [3.05, 3.63) is 18.2 Å². The summed E-state index contributed by atoms with van der Waals surface area (Å²) in [5.74, 6) is 0. The van der Waals surface area contributed by atoms with Gasteiger partial charge in [-0.1, -0.05) is 45.1 Å². The van der Waals surface area contributed by atoms with Crippen molar-refractivity contribution < 1.29 is 13.0 Å². The molecule has 1 aromatic heterocycles. The first-order chi connectivity index (χ1) is 10.1. The van der Waals surface area contributed by atoms with Crippen molar-refractivity contribution in [1.82, 2.24) is 15.0 Å². The van der Waals surface area contributed by atoms with Crippen LogP contribution in [0.25, 0.3) is 11.0 Å². The molecule has 0 atom stereocenters. The molecule has 0 aliphatic heterocycles. The number of nitrogens with zero attached hydrogens (tertiary/aromatic N) is 2. The van der Waals surface area contributed by atoms with Gasteiger partial charge in [-0.2, -0.15) is 0 Å². The van der Waals surface area contributed by atoms with E-state index >= 15 is 0 Å². The number of unbranched alkanes of at least 4 members (excludes halogenated alkanes) is 5. The van der Waals surface area contributed by atoms with Crippen molar-refractivity contribution in [2.75, 3.05) is 6.54 Å². The summed E-state index contributed by atoms with van der Waals surface area (Å²) in [5.41, 5.74) is 0.713. The predicted molar refractivity (Wildman–Crippen MR) is 80.4 cm³/mol. The number of nitrogens with one attached hydrogen (secondary N) is 1. The first-order valence-corrected chi connectivity index (χ1v) is 8.84. The number of hydrogen-bond donors (Lipinski definition) is 1. The first kappa shape index (κ1) is 15.9. The molecular weight excluding hydrogens is 290 g/mol. The van der Waals surface area contributed by atoms with Gasteiger partial charge in [0.15, 0.2) is 5.52 Å². The van der Waals surface area contributed by atoms with Gasteiger partial charge in [0.25, 0.3) is 0 Å². The highest BCUT2D eigenvalue weighted by atomic mass is 32.2. The van der Waals surface area contributed by atoms with Crippen LogP contribution in [0.4, 0.5) is 0 Å². The zero-order chi connectivity index (χ0) is 15.1. The molecule has 0 aliphatic rings. The molecule has 2 aromatic rings. The molecule has 116 valence electrons. The maximum Gasteiger partial charge on any atom is 0.242 e. The third-order valence-corrected chi connectivity index (χ3v) is 4.85. The van der Waals surface area contributed by atoms with Crippen LogP contribution in [0.3, 0.4) is 0 Å². The molecule has 0 bridgehead atoms. The molecule has 0 saturated heterocycles. The summed E-state index contributed by atoms with van der Waals surface area (Å²) >= 11 is 0. The molecule has 1 N–H and O–H groups in total. The Morgan fingerprint density at radius 3 is 2.67 bits per heavy atom. The Labute approximate surface area is 124 Å². The second kappa shape index (κ2) is 7.51. The SMILES string of the molecule is CCCCCCCCNS(=O)(=O)c1cccc2nonc12. The van der Waals surface area contributed by atoms with Crippen molar-refractivity contribution in [3.8, 4) is 0 Å². The summed E-state index contributed by atoms with van der Waals surface area (Å²) in [6.45, 7) is 2.61. The first-order valence-electron chi connectivity index (χ1n) is 7.36. The lowest BCUT2D eigenvalue weighted by molar-refractivity contribution is 0.315. The van der Waals surface area contributed by atoms with Crippen molar-refractivity contribution in [2.24, 2.45) is 0 Å². The second-order valence-corrected chi connectivity index (χ2v) is 6.79. The Balaban J connectivity index is 1.89. The van der Waals surface area contributed by atoms with Crippen molar-refractivity contribution >= 4 is 21.1 Å². The largest absolute Gasteiger partial charge is 0.243 e. The van der Waals surface area contributed by atoms with Crippen LogP contribution in [0.5, 0.6) is 0 Å². The Morgan fingerprint density at radius 1 is 1.10 bits per heavy atom. The van der Waals surface area contributed by atoms with E-state index in [2.05, 4.69) is 26.6 Å². The summed E-state index contributed by atoms with van der Waals surface area (Å²) in [4.78, 5) is 0.118. The Morgan fingerprint density at radius 2 is 1.86 bits per heavy atom. The molecular formula is C14H21N3O3S. The fourth-order valence-electron chi connectivity index (χ4n) is 2.19. The van der Waals surface area contributed by atoms with Gasteiger partial charge in [0.1, 0.15) is 10.4 Å². The van der Waals surface area contributed by atoms with Gasteiger partial charge in [-0.15, -0.1) is 0 Å². The van der Waals surface area contributed by atoms with Crippen LogP contribution in [0.2, 0.25) is 0 Å². The molecule has 7 heteroatoms. The Kier molecular flexibility index (Phi) is 5.69. The van der Waals surface area contributed by atoms with E-state index in [0.29, 0.717) is 12.1 Å². The van der Waals surface area contributed by atoms with E-state index in [4.69, 9.17) is 0 Å². The lowest BCUT2D eigenvalue weighted by Gasteiger charge is -2.06. The fourth-order valence-corrected chi connectivity index (χ4v) is 3.41. The van der Waals surface area contributed by atoms with E-state index in [1.54, 1.807) is 12.1 Å². The van der Waals surface area contributed by atoms with Gasteiger partial charge in [-0.05, 0) is 28.9 Å². The normalized spacial score (nSPS) is 12.0. The maximum absolute atomic E-state index is 12.3. The van der Waals surface area contributed by atoms with E-state index in [0.717, 1.165) is 19.3 Å². The molecule has 0 saturated carbocycles. The van der Waals surface area contributed by atoms with Gasteiger partial charge in [0, 0.05) is 6.54 Å². The average Bonchev–Trinajstić information content (AvgIpc) is 2.94. The monoisotopic (exact) mass is 311 g/mol. The maximum atomic E-state index is 12.3. The van der Waals surface area contributed by atoms with E-state index in [9.17, 15) is 8.42 Å². The molecule has 0 radical (unpaired) electrons. The van der Waals surface area contributed by atoms with Gasteiger partial charge >= 0.3 is 0 Å². The lowest BCUT2D eigenvalue weighted by Crippen LogP contribution is -2.25. The van der Waals surface area contributed by atoms with E-state index in [-0.39, 0.29) is 10.4 Å². The van der Waals surface area contributed by atoms with Crippen LogP contribution in [0.15, 0.2) is 27.7 Å². The van der Waals surface area contributed by atoms with E-state index in [1.165, 1.54) is 25.3 Å². The molecule has 0 fully saturated rings. The zero-order valence-electron chi connectivity index (χ0n) is 12.2. The lowest BCUT2D eigenvalue weighted by atomic mass is 10.1. The van der Waals surface area contributed by atoms with Crippen molar-refractivity contribution in [2.45, 2.75) is 50.3 Å². The van der Waals surface area contributed by atoms with Crippen LogP contribution < -0.4 is 4.72 Å². The minimum Gasteiger partial charge on any atom is -0.243 e. The summed E-state index contributed by atoms with van der Waals surface area (Å²) < 4.78 is 31.7. The minimum atomic E-state index is -3.57. The number of fused-ring (bicyclic) bond motifs is 1. The number of aromatic nitrogens is 2. The minimum absolute atomic E-state index is 0.118. The molecule has 0 unspecified atom stereocenters. The fraction of sp³-hybridized carbons (Fsp3) is 0.571. The van der Waals surface area contributed by atoms with Crippen LogP contribution in [-0.4, -0.2) is 25.3 Å². The van der Waals surface area contributed by atoms with Crippen molar-refractivity contribution in [3.63, 3.8) is 0 Å². The molecule has 1 heterocycles. The smallest absolute Gasteiger partial charge is 0.242 e. The zero-order valence-corrected chi connectivity index (χ0v) is 13.0. The van der Waals surface area contributed by atoms with Crippen LogP contribution in [0, 0.1) is 0 Å². The molecule has 0 amide bonds. The highest BCUT2D eigenvalue weighted by Gasteiger charge is 2.19. The highest BCUT2D eigenvalue weighted by molar-refractivity contribution is 7.89. The van der Waals surface area contributed by atoms with E-state index < -0.39 is 10.0 Å². The Bertz CT molecular complexity index is 667. The Hall–Kier alpha value is -1.47. The van der Waals surface area contributed by atoms with Crippen LogP contribution in [0.1, 0.15) is 45.4 Å². The topological polar surface area (TPSA) is 85.1 Å². The third kappa shape index (κ3) is 4.25. The quantitative estimate of drug-likeness (QED) is 0.720. The number of rotatable bonds is 9. The van der Waals surface area contributed by atoms with Gasteiger partial charge in [-0.3, -0.25) is 0 Å². The second-order valence-electron chi connectivity index (χ2n) is 5.05. The number of hydrogen-bond acceptors (Lipinski definition) is 5. The molecule has 1 aromatic carbocycles.